The molecular weight excluding hydrogens is 330 g/mol. The van der Waals surface area contributed by atoms with E-state index in [1.165, 1.54) is 0 Å². The topological polar surface area (TPSA) is 56.8 Å². The van der Waals surface area contributed by atoms with Crippen LogP contribution in [0.3, 0.4) is 0 Å². The van der Waals surface area contributed by atoms with Crippen molar-refractivity contribution in [3.8, 4) is 17.2 Å². The number of carbonyl (C=O) groups excluding carboxylic acids is 1. The number of hydrogen-bond acceptors (Lipinski definition) is 4. The second kappa shape index (κ2) is 8.13. The van der Waals surface area contributed by atoms with Crippen LogP contribution in [0, 0.1) is 13.8 Å². The first-order valence-corrected chi connectivity index (χ1v) is 8.97. The molecule has 0 saturated heterocycles. The highest BCUT2D eigenvalue weighted by atomic mass is 16.6. The predicted molar refractivity (Wildman–Crippen MR) is 100.0 cm³/mol. The van der Waals surface area contributed by atoms with E-state index >= 15 is 0 Å². The smallest absolute Gasteiger partial charge is 0.261 e. The summed E-state index contributed by atoms with van der Waals surface area (Å²) in [5.41, 5.74) is 2.20. The van der Waals surface area contributed by atoms with Crippen molar-refractivity contribution in [1.82, 2.24) is 5.32 Å². The van der Waals surface area contributed by atoms with Crippen LogP contribution in [-0.2, 0) is 4.79 Å². The van der Waals surface area contributed by atoms with E-state index < -0.39 is 6.10 Å². The first kappa shape index (κ1) is 18.1. The Morgan fingerprint density at radius 2 is 1.96 bits per heavy atom. The standard InChI is InChI=1S/C21H25NO4/c1-4-17(26-18-11-7-8-14(2)15(18)3)21(23)22-12-16-13-24-19-9-5-6-10-20(19)25-16/h5-11,16-17H,4,12-13H2,1-3H3,(H,22,23). The Bertz CT molecular complexity index is 774. The summed E-state index contributed by atoms with van der Waals surface area (Å²) < 4.78 is 17.5. The van der Waals surface area contributed by atoms with Crippen LogP contribution >= 0.6 is 0 Å². The molecule has 2 aromatic carbocycles. The van der Waals surface area contributed by atoms with Crippen molar-refractivity contribution in [2.24, 2.45) is 0 Å². The SMILES string of the molecule is CCC(Oc1cccc(C)c1C)C(=O)NCC1COc2ccccc2O1. The molecule has 0 aromatic heterocycles. The molecule has 2 unspecified atom stereocenters. The summed E-state index contributed by atoms with van der Waals surface area (Å²) in [6.45, 7) is 6.75. The minimum atomic E-state index is -0.535. The lowest BCUT2D eigenvalue weighted by Crippen LogP contribution is -2.45. The molecule has 1 N–H and O–H groups in total. The van der Waals surface area contributed by atoms with E-state index in [9.17, 15) is 4.79 Å². The Hall–Kier alpha value is -2.69. The van der Waals surface area contributed by atoms with Gasteiger partial charge in [0.1, 0.15) is 18.5 Å². The maximum absolute atomic E-state index is 12.5. The molecular formula is C21H25NO4. The minimum absolute atomic E-state index is 0.143. The van der Waals surface area contributed by atoms with E-state index in [2.05, 4.69) is 5.32 Å². The summed E-state index contributed by atoms with van der Waals surface area (Å²) >= 11 is 0. The van der Waals surface area contributed by atoms with E-state index in [0.717, 1.165) is 22.6 Å². The van der Waals surface area contributed by atoms with Gasteiger partial charge < -0.3 is 19.5 Å². The molecule has 1 aliphatic rings. The molecule has 0 radical (unpaired) electrons. The van der Waals surface area contributed by atoms with Gasteiger partial charge in [-0.3, -0.25) is 4.79 Å². The molecule has 5 nitrogen and oxygen atoms in total. The van der Waals surface area contributed by atoms with Gasteiger partial charge in [-0.1, -0.05) is 31.2 Å². The van der Waals surface area contributed by atoms with Crippen LogP contribution in [0.4, 0.5) is 0 Å². The van der Waals surface area contributed by atoms with E-state index in [4.69, 9.17) is 14.2 Å². The normalized spacial score (nSPS) is 16.7. The lowest BCUT2D eigenvalue weighted by molar-refractivity contribution is -0.128. The van der Waals surface area contributed by atoms with Crippen molar-refractivity contribution in [3.05, 3.63) is 53.6 Å². The van der Waals surface area contributed by atoms with Gasteiger partial charge >= 0.3 is 0 Å². The van der Waals surface area contributed by atoms with Crippen LogP contribution in [0.1, 0.15) is 24.5 Å². The largest absolute Gasteiger partial charge is 0.486 e. The van der Waals surface area contributed by atoms with Crippen molar-refractivity contribution < 1.29 is 19.0 Å². The van der Waals surface area contributed by atoms with Crippen LogP contribution in [0.25, 0.3) is 0 Å². The monoisotopic (exact) mass is 355 g/mol. The van der Waals surface area contributed by atoms with Crippen molar-refractivity contribution in [2.45, 2.75) is 39.4 Å². The van der Waals surface area contributed by atoms with Gasteiger partial charge in [0.2, 0.25) is 0 Å². The number of aryl methyl sites for hydroxylation is 1. The Morgan fingerprint density at radius 1 is 1.19 bits per heavy atom. The number of rotatable bonds is 6. The number of para-hydroxylation sites is 2. The first-order chi connectivity index (χ1) is 12.6. The first-order valence-electron chi connectivity index (χ1n) is 8.97. The molecule has 0 aliphatic carbocycles. The Morgan fingerprint density at radius 3 is 2.73 bits per heavy atom. The molecule has 0 saturated carbocycles. The summed E-state index contributed by atoms with van der Waals surface area (Å²) in [5.74, 6) is 2.05. The third-order valence-corrected chi connectivity index (χ3v) is 4.56. The van der Waals surface area contributed by atoms with E-state index in [1.54, 1.807) is 0 Å². The maximum Gasteiger partial charge on any atom is 0.261 e. The fourth-order valence-electron chi connectivity index (χ4n) is 2.82. The molecule has 1 aliphatic heterocycles. The van der Waals surface area contributed by atoms with Gasteiger partial charge in [0.25, 0.3) is 5.91 Å². The lowest BCUT2D eigenvalue weighted by Gasteiger charge is -2.27. The van der Waals surface area contributed by atoms with Crippen LogP contribution in [0.5, 0.6) is 17.2 Å². The summed E-state index contributed by atoms with van der Waals surface area (Å²) in [6, 6.07) is 13.4. The van der Waals surface area contributed by atoms with Gasteiger partial charge in [0.05, 0.1) is 6.54 Å². The number of amides is 1. The van der Waals surface area contributed by atoms with Gasteiger partial charge in [-0.05, 0) is 49.6 Å². The maximum atomic E-state index is 12.5. The molecule has 138 valence electrons. The summed E-state index contributed by atoms with van der Waals surface area (Å²) in [5, 5.41) is 2.92. The van der Waals surface area contributed by atoms with Crippen LogP contribution in [0.15, 0.2) is 42.5 Å². The zero-order chi connectivity index (χ0) is 18.5. The minimum Gasteiger partial charge on any atom is -0.486 e. The number of nitrogens with one attached hydrogen (secondary N) is 1. The third kappa shape index (κ3) is 4.10. The highest BCUT2D eigenvalue weighted by Gasteiger charge is 2.24. The van der Waals surface area contributed by atoms with Gasteiger partial charge in [0.15, 0.2) is 17.6 Å². The van der Waals surface area contributed by atoms with Crippen LogP contribution in [0.2, 0.25) is 0 Å². The Labute approximate surface area is 154 Å². The highest BCUT2D eigenvalue weighted by Crippen LogP contribution is 2.30. The zero-order valence-corrected chi connectivity index (χ0v) is 15.5. The molecule has 1 heterocycles. The summed E-state index contributed by atoms with van der Waals surface area (Å²) in [4.78, 5) is 12.5. The van der Waals surface area contributed by atoms with E-state index in [-0.39, 0.29) is 12.0 Å². The molecule has 0 fully saturated rings. The fourth-order valence-corrected chi connectivity index (χ4v) is 2.82. The van der Waals surface area contributed by atoms with E-state index in [1.807, 2.05) is 63.2 Å². The number of carbonyl (C=O) groups is 1. The number of benzene rings is 2. The fraction of sp³-hybridized carbons (Fsp3) is 0.381. The Kier molecular flexibility index (Phi) is 5.66. The predicted octanol–water partition coefficient (Wildman–Crippen LogP) is 3.42. The molecule has 2 atom stereocenters. The average Bonchev–Trinajstić information content (AvgIpc) is 2.67. The van der Waals surface area contributed by atoms with Gasteiger partial charge in [-0.15, -0.1) is 0 Å². The molecule has 3 rings (SSSR count). The quantitative estimate of drug-likeness (QED) is 0.863. The molecule has 0 bridgehead atoms. The van der Waals surface area contributed by atoms with Gasteiger partial charge in [-0.2, -0.15) is 0 Å². The van der Waals surface area contributed by atoms with Crippen molar-refractivity contribution >= 4 is 5.91 Å². The van der Waals surface area contributed by atoms with Crippen molar-refractivity contribution in [3.63, 3.8) is 0 Å². The number of ether oxygens (including phenoxy) is 3. The third-order valence-electron chi connectivity index (χ3n) is 4.56. The number of fused-ring (bicyclic) bond motifs is 1. The second-order valence-corrected chi connectivity index (χ2v) is 6.46. The van der Waals surface area contributed by atoms with Gasteiger partial charge in [0, 0.05) is 0 Å². The van der Waals surface area contributed by atoms with Crippen LogP contribution < -0.4 is 19.5 Å². The highest BCUT2D eigenvalue weighted by molar-refractivity contribution is 5.81. The molecule has 26 heavy (non-hydrogen) atoms. The van der Waals surface area contributed by atoms with Gasteiger partial charge in [-0.25, -0.2) is 0 Å². The molecule has 5 heteroatoms. The zero-order valence-electron chi connectivity index (χ0n) is 15.5. The Balaban J connectivity index is 1.56. The van der Waals surface area contributed by atoms with E-state index in [0.29, 0.717) is 25.3 Å². The number of hydrogen-bond donors (Lipinski definition) is 1. The van der Waals surface area contributed by atoms with Crippen molar-refractivity contribution in [1.29, 1.82) is 0 Å². The lowest BCUT2D eigenvalue weighted by atomic mass is 10.1. The van der Waals surface area contributed by atoms with Crippen LogP contribution in [-0.4, -0.2) is 31.3 Å². The summed E-state index contributed by atoms with van der Waals surface area (Å²) in [6.07, 6.45) is -0.163. The summed E-state index contributed by atoms with van der Waals surface area (Å²) in [7, 11) is 0. The average molecular weight is 355 g/mol. The molecule has 0 spiro atoms. The second-order valence-electron chi connectivity index (χ2n) is 6.46. The van der Waals surface area contributed by atoms with Crippen molar-refractivity contribution in [2.75, 3.05) is 13.2 Å². The molecule has 2 aromatic rings. The molecule has 1 amide bonds.